The first-order valence-corrected chi connectivity index (χ1v) is 42.1. The van der Waals surface area contributed by atoms with E-state index in [0.717, 1.165) is 90.6 Å². The van der Waals surface area contributed by atoms with Gasteiger partial charge in [-0.25, -0.2) is 29.9 Å². The molecule has 24 aromatic rings. The molecule has 112 heavy (non-hydrogen) atoms. The molecule has 0 saturated heterocycles. The number of pyridine rings is 6. The summed E-state index contributed by atoms with van der Waals surface area (Å²) >= 11 is 13.8. The zero-order valence-electron chi connectivity index (χ0n) is 61.5. The van der Waals surface area contributed by atoms with E-state index in [1.807, 2.05) is 136 Å². The molecular weight excluding hydrogens is 1540 g/mol. The number of nitrogens with zero attached hydrogens (tertiary/aromatic N) is 16. The largest absolute Gasteiger partial charge is 0.264 e. The summed E-state index contributed by atoms with van der Waals surface area (Å²) in [5, 5.41) is 8.45. The molecule has 19 heterocycles. The van der Waals surface area contributed by atoms with Crippen molar-refractivity contribution in [1.82, 2.24) is 79.7 Å². The molecule has 24 rings (SSSR count). The van der Waals surface area contributed by atoms with E-state index < -0.39 is 0 Å². The standard InChI is InChI=1S/8C11H8N2S/c1-7-2-5-13-10-8-6-12-4-3-9(8)14-11(7)10;1-7-2-5-13-10-8-3-4-12-6-9(8)14-11(7)10;1-7-2-3-9-8(6-7)10-11(14-9)13-5-4-12-10;1-7-2-3-8-9(6-7)14-11-10(8)12-4-5-13-11;1-7-4-6-13-10-9-8(14-11(7)10)3-2-5-12-9;1-7-3-2-4-8-9-11(14-10(7)8)13-6-5-12-9;1-7-6-12-11-10(13-7)8-4-2-3-5-9(8)14-11;1-7-6-12-10-8-4-2-3-5-9(8)14-11(10)13-7/h8*2-6H,1H3. The van der Waals surface area contributed by atoms with Crippen LogP contribution < -0.4 is 0 Å². The molecule has 0 fully saturated rings. The van der Waals surface area contributed by atoms with Gasteiger partial charge in [0.2, 0.25) is 0 Å². The second kappa shape index (κ2) is 32.2. The van der Waals surface area contributed by atoms with E-state index in [4.69, 9.17) is 0 Å². The van der Waals surface area contributed by atoms with Crippen LogP contribution in [-0.4, -0.2) is 79.7 Å². The van der Waals surface area contributed by atoms with Crippen LogP contribution in [0.25, 0.3) is 163 Å². The average molecular weight is 1600 g/mol. The van der Waals surface area contributed by atoms with E-state index in [2.05, 4.69) is 206 Å². The summed E-state index contributed by atoms with van der Waals surface area (Å²) < 4.78 is 13.8. The van der Waals surface area contributed by atoms with E-state index in [1.54, 1.807) is 128 Å². The number of aryl methyl sites for hydroxylation is 8. The first-order valence-electron chi connectivity index (χ1n) is 35.6. The fourth-order valence-electron chi connectivity index (χ4n) is 12.9. The maximum Gasteiger partial charge on any atom is 0.143 e. The Hall–Kier alpha value is -11.8. The Morgan fingerprint density at radius 2 is 0.661 bits per heavy atom. The van der Waals surface area contributed by atoms with Gasteiger partial charge in [0, 0.05) is 165 Å². The summed E-state index contributed by atoms with van der Waals surface area (Å²) in [6.45, 7) is 16.6. The lowest BCUT2D eigenvalue weighted by atomic mass is 10.2. The highest BCUT2D eigenvalue weighted by Gasteiger charge is 2.14. The second-order valence-electron chi connectivity index (χ2n) is 26.2. The molecular formula is C88H64N16S8. The van der Waals surface area contributed by atoms with E-state index >= 15 is 0 Å². The predicted octanol–water partition coefficient (Wildman–Crippen LogP) is 25.2. The Balaban J connectivity index is 0.0000000929. The van der Waals surface area contributed by atoms with E-state index in [9.17, 15) is 0 Å². The molecule has 5 aromatic carbocycles. The predicted molar refractivity (Wildman–Crippen MR) is 477 cm³/mol. The molecule has 544 valence electrons. The van der Waals surface area contributed by atoms with Crippen LogP contribution in [0.2, 0.25) is 0 Å². The van der Waals surface area contributed by atoms with Crippen LogP contribution in [0.5, 0.6) is 0 Å². The molecule has 0 aliphatic carbocycles. The summed E-state index contributed by atoms with van der Waals surface area (Å²) in [7, 11) is 0. The topological polar surface area (TPSA) is 206 Å². The lowest BCUT2D eigenvalue weighted by molar-refractivity contribution is 1.20. The Morgan fingerprint density at radius 1 is 0.205 bits per heavy atom. The molecule has 19 aromatic heterocycles. The monoisotopic (exact) mass is 1600 g/mol. The molecule has 0 unspecified atom stereocenters. The van der Waals surface area contributed by atoms with Gasteiger partial charge in [-0.15, -0.1) is 90.7 Å². The van der Waals surface area contributed by atoms with Crippen molar-refractivity contribution in [2.45, 2.75) is 55.4 Å². The summed E-state index contributed by atoms with van der Waals surface area (Å²) in [5.74, 6) is 0. The number of fused-ring (bicyclic) bond motifs is 24. The van der Waals surface area contributed by atoms with Crippen molar-refractivity contribution in [3.8, 4) is 0 Å². The normalized spacial score (nSPS) is 11.2. The van der Waals surface area contributed by atoms with Crippen LogP contribution in [0, 0.1) is 55.4 Å². The highest BCUT2D eigenvalue weighted by molar-refractivity contribution is 7.28. The number of rotatable bonds is 0. The summed E-state index contributed by atoms with van der Waals surface area (Å²) in [6.07, 6.45) is 28.9. The van der Waals surface area contributed by atoms with Crippen molar-refractivity contribution in [2.75, 3.05) is 0 Å². The molecule has 0 radical (unpaired) electrons. The number of hydrogen-bond donors (Lipinski definition) is 0. The fourth-order valence-corrected chi connectivity index (χ4v) is 21.4. The minimum atomic E-state index is 0.973. The van der Waals surface area contributed by atoms with Gasteiger partial charge in [-0.1, -0.05) is 78.4 Å². The molecule has 0 N–H and O–H groups in total. The average Bonchev–Trinajstić information content (AvgIpc) is 1.64. The van der Waals surface area contributed by atoms with Gasteiger partial charge in [-0.3, -0.25) is 49.8 Å². The van der Waals surface area contributed by atoms with Gasteiger partial charge in [0.25, 0.3) is 0 Å². The number of hydrogen-bond acceptors (Lipinski definition) is 24. The van der Waals surface area contributed by atoms with Crippen molar-refractivity contribution in [3.63, 3.8) is 0 Å². The third kappa shape index (κ3) is 15.0. The van der Waals surface area contributed by atoms with Crippen LogP contribution in [0.3, 0.4) is 0 Å². The second-order valence-corrected chi connectivity index (χ2v) is 34.5. The fraction of sp³-hybridized carbons (Fsp3) is 0.0909. The van der Waals surface area contributed by atoms with E-state index in [-0.39, 0.29) is 0 Å². The Morgan fingerprint density at radius 3 is 1.38 bits per heavy atom. The minimum absolute atomic E-state index is 0.973. The summed E-state index contributed by atoms with van der Waals surface area (Å²) in [5.41, 5.74) is 19.0. The highest BCUT2D eigenvalue weighted by atomic mass is 32.1. The molecule has 0 amide bonds. The summed E-state index contributed by atoms with van der Waals surface area (Å²) in [4.78, 5) is 74.7. The van der Waals surface area contributed by atoms with Crippen molar-refractivity contribution < 1.29 is 0 Å². The van der Waals surface area contributed by atoms with Crippen molar-refractivity contribution in [2.24, 2.45) is 0 Å². The van der Waals surface area contributed by atoms with Crippen molar-refractivity contribution in [3.05, 3.63) is 290 Å². The Bertz CT molecular complexity index is 6870. The Labute approximate surface area is 672 Å². The van der Waals surface area contributed by atoms with E-state index in [0.29, 0.717) is 0 Å². The third-order valence-electron chi connectivity index (χ3n) is 18.3. The molecule has 0 aliphatic heterocycles. The van der Waals surface area contributed by atoms with Crippen LogP contribution in [0.4, 0.5) is 0 Å². The Kier molecular flexibility index (Phi) is 21.0. The third-order valence-corrected chi connectivity index (χ3v) is 27.6. The lowest BCUT2D eigenvalue weighted by Gasteiger charge is -1.92. The molecule has 0 saturated carbocycles. The van der Waals surface area contributed by atoms with Gasteiger partial charge in [-0.2, -0.15) is 0 Å². The highest BCUT2D eigenvalue weighted by Crippen LogP contribution is 2.39. The molecule has 0 spiro atoms. The van der Waals surface area contributed by atoms with Crippen LogP contribution in [0.15, 0.2) is 245 Å². The first kappa shape index (κ1) is 73.0. The first-order chi connectivity index (χ1) is 54.8. The smallest absolute Gasteiger partial charge is 0.143 e. The minimum Gasteiger partial charge on any atom is -0.264 e. The van der Waals surface area contributed by atoms with Crippen molar-refractivity contribution >= 4 is 254 Å². The van der Waals surface area contributed by atoms with Gasteiger partial charge >= 0.3 is 0 Å². The van der Waals surface area contributed by atoms with Crippen LogP contribution in [-0.2, 0) is 0 Å². The van der Waals surface area contributed by atoms with Crippen LogP contribution in [0.1, 0.15) is 44.8 Å². The van der Waals surface area contributed by atoms with Gasteiger partial charge in [-0.05, 0) is 156 Å². The quantitative estimate of drug-likeness (QED) is 0.138. The maximum absolute atomic E-state index is 4.51. The van der Waals surface area contributed by atoms with Crippen LogP contribution >= 0.6 is 90.7 Å². The maximum atomic E-state index is 4.51. The number of aromatic nitrogens is 16. The molecule has 24 heteroatoms. The van der Waals surface area contributed by atoms with Crippen molar-refractivity contribution in [1.29, 1.82) is 0 Å². The van der Waals surface area contributed by atoms with Gasteiger partial charge in [0.05, 0.1) is 45.9 Å². The number of thiophene rings is 8. The summed E-state index contributed by atoms with van der Waals surface area (Å²) in [6, 6.07) is 50.0. The molecule has 16 nitrogen and oxygen atoms in total. The van der Waals surface area contributed by atoms with Gasteiger partial charge in [0.15, 0.2) is 0 Å². The zero-order valence-corrected chi connectivity index (χ0v) is 68.0. The molecule has 0 atom stereocenters. The number of benzene rings is 5. The van der Waals surface area contributed by atoms with E-state index in [1.165, 1.54) is 117 Å². The molecule has 0 bridgehead atoms. The molecule has 0 aliphatic rings. The van der Waals surface area contributed by atoms with Gasteiger partial charge in [0.1, 0.15) is 62.8 Å². The SMILES string of the molecule is Cc1ccc2c(c1)sc1nccnc12.Cc1ccc2sc3nccnc3c2c1.Cc1cccc2c1sc1nccnc12.Cc1ccnc2c1sc1cccnc12.Cc1ccnc2c1sc1ccncc12.Cc1ccnc2c1sc1cnccc12.Cc1cnc2c(n1)sc1ccccc12.Cc1cnc2sc3ccccc3c2n1. The lowest BCUT2D eigenvalue weighted by Crippen LogP contribution is -1.82. The van der Waals surface area contributed by atoms with Gasteiger partial charge < -0.3 is 0 Å². The zero-order chi connectivity index (χ0) is 76.3.